The summed E-state index contributed by atoms with van der Waals surface area (Å²) in [6.45, 7) is 0.388. The molecule has 0 atom stereocenters. The molecular formula is C23H16Cl2N2O2. The highest BCUT2D eigenvalue weighted by atomic mass is 35.5. The lowest BCUT2D eigenvalue weighted by Gasteiger charge is -2.08. The van der Waals surface area contributed by atoms with Crippen LogP contribution in [0.2, 0.25) is 10.0 Å². The fourth-order valence-electron chi connectivity index (χ4n) is 2.52. The number of carbonyl (C=O) groups excluding carboxylic acids is 1. The van der Waals surface area contributed by atoms with E-state index >= 15 is 0 Å². The van der Waals surface area contributed by atoms with Crippen molar-refractivity contribution in [1.29, 1.82) is 5.26 Å². The highest BCUT2D eigenvalue weighted by Crippen LogP contribution is 2.22. The van der Waals surface area contributed by atoms with Gasteiger partial charge in [-0.15, -0.1) is 0 Å². The van der Waals surface area contributed by atoms with Crippen LogP contribution in [0.1, 0.15) is 11.1 Å². The summed E-state index contributed by atoms with van der Waals surface area (Å²) in [5, 5.41) is 13.0. The number of hydrogen-bond acceptors (Lipinski definition) is 3. The maximum Gasteiger partial charge on any atom is 0.266 e. The molecule has 29 heavy (non-hydrogen) atoms. The molecule has 6 heteroatoms. The topological polar surface area (TPSA) is 62.1 Å². The molecule has 1 amide bonds. The molecule has 0 aliphatic rings. The van der Waals surface area contributed by atoms with Crippen LogP contribution in [0.5, 0.6) is 5.75 Å². The van der Waals surface area contributed by atoms with Crippen molar-refractivity contribution in [3.8, 4) is 11.8 Å². The zero-order valence-electron chi connectivity index (χ0n) is 15.2. The molecule has 4 nitrogen and oxygen atoms in total. The summed E-state index contributed by atoms with van der Waals surface area (Å²) in [7, 11) is 0. The van der Waals surface area contributed by atoms with Crippen LogP contribution in [0.3, 0.4) is 0 Å². The Kier molecular flexibility index (Phi) is 6.91. The average Bonchev–Trinajstić information content (AvgIpc) is 2.73. The van der Waals surface area contributed by atoms with Crippen LogP contribution in [0.25, 0.3) is 6.08 Å². The van der Waals surface area contributed by atoms with E-state index in [1.165, 1.54) is 6.08 Å². The first-order valence-electron chi connectivity index (χ1n) is 8.70. The Morgan fingerprint density at radius 1 is 1.03 bits per heavy atom. The Balaban J connectivity index is 1.66. The van der Waals surface area contributed by atoms with E-state index in [-0.39, 0.29) is 5.57 Å². The van der Waals surface area contributed by atoms with Crippen molar-refractivity contribution in [2.24, 2.45) is 0 Å². The lowest BCUT2D eigenvalue weighted by Crippen LogP contribution is -2.13. The zero-order valence-corrected chi connectivity index (χ0v) is 16.7. The summed E-state index contributed by atoms with van der Waals surface area (Å²) in [6, 6.07) is 23.3. The number of anilines is 1. The zero-order chi connectivity index (χ0) is 20.6. The van der Waals surface area contributed by atoms with Gasteiger partial charge in [0, 0.05) is 5.02 Å². The second-order valence-corrected chi connectivity index (χ2v) is 6.94. The van der Waals surface area contributed by atoms with E-state index in [0.29, 0.717) is 33.7 Å². The Morgan fingerprint density at radius 2 is 1.79 bits per heavy atom. The Bertz CT molecular complexity index is 1090. The van der Waals surface area contributed by atoms with Gasteiger partial charge in [-0.25, -0.2) is 0 Å². The van der Waals surface area contributed by atoms with Gasteiger partial charge in [0.05, 0.1) is 10.7 Å². The van der Waals surface area contributed by atoms with Gasteiger partial charge in [0.2, 0.25) is 0 Å². The summed E-state index contributed by atoms with van der Waals surface area (Å²) in [6.07, 6.45) is 1.51. The lowest BCUT2D eigenvalue weighted by atomic mass is 10.1. The molecule has 3 aromatic carbocycles. The number of hydrogen-bond donors (Lipinski definition) is 1. The molecule has 0 unspecified atom stereocenters. The Hall–Kier alpha value is -3.26. The number of benzene rings is 3. The molecule has 0 bridgehead atoms. The number of rotatable bonds is 6. The summed E-state index contributed by atoms with van der Waals surface area (Å²) in [5.74, 6) is 0.142. The maximum atomic E-state index is 12.4. The molecule has 0 spiro atoms. The number of para-hydroxylation sites is 1. The van der Waals surface area contributed by atoms with Crippen LogP contribution in [0, 0.1) is 11.3 Å². The second-order valence-electron chi connectivity index (χ2n) is 6.09. The smallest absolute Gasteiger partial charge is 0.266 e. The quantitative estimate of drug-likeness (QED) is 0.384. The third-order valence-corrected chi connectivity index (χ3v) is 4.54. The molecule has 0 saturated carbocycles. The first-order valence-corrected chi connectivity index (χ1v) is 9.46. The molecule has 0 aliphatic heterocycles. The molecular weight excluding hydrogens is 407 g/mol. The molecule has 0 radical (unpaired) electrons. The first-order chi connectivity index (χ1) is 14.0. The van der Waals surface area contributed by atoms with E-state index in [4.69, 9.17) is 27.9 Å². The number of carbonyl (C=O) groups is 1. The minimum absolute atomic E-state index is 0.0301. The number of nitrogens with zero attached hydrogens (tertiary/aromatic N) is 1. The second kappa shape index (κ2) is 9.79. The van der Waals surface area contributed by atoms with Gasteiger partial charge >= 0.3 is 0 Å². The molecule has 1 N–H and O–H groups in total. The van der Waals surface area contributed by atoms with E-state index in [9.17, 15) is 10.1 Å². The van der Waals surface area contributed by atoms with E-state index in [1.54, 1.807) is 54.6 Å². The predicted molar refractivity (Wildman–Crippen MR) is 116 cm³/mol. The van der Waals surface area contributed by atoms with Gasteiger partial charge in [-0.2, -0.15) is 5.26 Å². The first kappa shape index (κ1) is 20.5. The third-order valence-electron chi connectivity index (χ3n) is 3.97. The van der Waals surface area contributed by atoms with Gasteiger partial charge in [-0.05, 0) is 53.6 Å². The summed E-state index contributed by atoms with van der Waals surface area (Å²) in [5.41, 5.74) is 2.08. The fourth-order valence-corrected chi connectivity index (χ4v) is 2.92. The number of amides is 1. The maximum absolute atomic E-state index is 12.4. The van der Waals surface area contributed by atoms with Crippen molar-refractivity contribution in [1.82, 2.24) is 0 Å². The van der Waals surface area contributed by atoms with Crippen molar-refractivity contribution >= 4 is 40.9 Å². The molecule has 3 aromatic rings. The van der Waals surface area contributed by atoms with Crippen LogP contribution >= 0.6 is 23.2 Å². The van der Waals surface area contributed by atoms with E-state index in [2.05, 4.69) is 5.32 Å². The number of nitrogens with one attached hydrogen (secondary N) is 1. The van der Waals surface area contributed by atoms with Crippen LogP contribution in [-0.4, -0.2) is 5.91 Å². The average molecular weight is 423 g/mol. The summed E-state index contributed by atoms with van der Waals surface area (Å²) in [4.78, 5) is 12.4. The molecule has 0 heterocycles. The van der Waals surface area contributed by atoms with E-state index in [0.717, 1.165) is 5.56 Å². The largest absolute Gasteiger partial charge is 0.489 e. The fraction of sp³-hybridized carbons (Fsp3) is 0.0435. The van der Waals surface area contributed by atoms with Gasteiger partial charge in [0.25, 0.3) is 5.91 Å². The standard InChI is InChI=1S/C23H16Cl2N2O2/c24-19-5-3-4-17(13-19)15-29-20-10-8-16(9-11-20)12-18(14-26)23(28)27-22-7-2-1-6-21(22)25/h1-13H,15H2,(H,27,28)/b18-12+. The molecule has 0 aliphatic carbocycles. The van der Waals surface area contributed by atoms with Gasteiger partial charge < -0.3 is 10.1 Å². The molecule has 0 saturated heterocycles. The Labute approximate surface area is 179 Å². The normalized spacial score (nSPS) is 10.9. The Morgan fingerprint density at radius 3 is 2.48 bits per heavy atom. The SMILES string of the molecule is N#C/C(=C\c1ccc(OCc2cccc(Cl)c2)cc1)C(=O)Nc1ccccc1Cl. The van der Waals surface area contributed by atoms with Crippen molar-refractivity contribution < 1.29 is 9.53 Å². The number of nitriles is 1. The van der Waals surface area contributed by atoms with Gasteiger partial charge in [0.1, 0.15) is 24.0 Å². The van der Waals surface area contributed by atoms with E-state index in [1.807, 2.05) is 24.3 Å². The monoisotopic (exact) mass is 422 g/mol. The molecule has 3 rings (SSSR count). The highest BCUT2D eigenvalue weighted by Gasteiger charge is 2.11. The van der Waals surface area contributed by atoms with E-state index < -0.39 is 5.91 Å². The van der Waals surface area contributed by atoms with Gasteiger partial charge in [0.15, 0.2) is 0 Å². The predicted octanol–water partition coefficient (Wildman–Crippen LogP) is 6.12. The lowest BCUT2D eigenvalue weighted by molar-refractivity contribution is -0.112. The van der Waals surface area contributed by atoms with Crippen molar-refractivity contribution in [3.63, 3.8) is 0 Å². The van der Waals surface area contributed by atoms with Crippen LogP contribution in [0.15, 0.2) is 78.4 Å². The summed E-state index contributed by atoms with van der Waals surface area (Å²) >= 11 is 12.0. The highest BCUT2D eigenvalue weighted by molar-refractivity contribution is 6.34. The van der Waals surface area contributed by atoms with Gasteiger partial charge in [-0.1, -0.05) is 59.6 Å². The minimum Gasteiger partial charge on any atom is -0.489 e. The summed E-state index contributed by atoms with van der Waals surface area (Å²) < 4.78 is 5.73. The number of halogens is 2. The third kappa shape index (κ3) is 5.86. The van der Waals surface area contributed by atoms with Crippen LogP contribution in [0.4, 0.5) is 5.69 Å². The van der Waals surface area contributed by atoms with Crippen LogP contribution in [-0.2, 0) is 11.4 Å². The molecule has 0 aromatic heterocycles. The number of ether oxygens (including phenoxy) is 1. The van der Waals surface area contributed by atoms with Crippen molar-refractivity contribution in [3.05, 3.63) is 99.5 Å². The van der Waals surface area contributed by atoms with Crippen molar-refractivity contribution in [2.75, 3.05) is 5.32 Å². The van der Waals surface area contributed by atoms with Crippen molar-refractivity contribution in [2.45, 2.75) is 6.61 Å². The minimum atomic E-state index is -0.526. The van der Waals surface area contributed by atoms with Crippen LogP contribution < -0.4 is 10.1 Å². The van der Waals surface area contributed by atoms with Gasteiger partial charge in [-0.3, -0.25) is 4.79 Å². The molecule has 0 fully saturated rings. The molecule has 144 valence electrons.